The minimum atomic E-state index is -3.71. The topological polar surface area (TPSA) is 79.0 Å². The molecule has 1 aliphatic rings. The normalized spacial score (nSPS) is 14.2. The van der Waals surface area contributed by atoms with Gasteiger partial charge in [-0.2, -0.15) is 0 Å². The molecule has 0 unspecified atom stereocenters. The van der Waals surface area contributed by atoms with E-state index in [1.807, 2.05) is 53.4 Å². The molecule has 0 spiro atoms. The number of carbonyl (C=O) groups excluding carboxylic acids is 1. The molecule has 4 aromatic rings. The maximum absolute atomic E-state index is 13.0. The van der Waals surface area contributed by atoms with Crippen LogP contribution < -0.4 is 14.4 Å². The van der Waals surface area contributed by atoms with Gasteiger partial charge in [0.25, 0.3) is 15.9 Å². The number of hydrogen-bond acceptors (Lipinski definition) is 6. The van der Waals surface area contributed by atoms with Crippen LogP contribution in [-0.2, 0) is 10.0 Å². The number of carbonyl (C=O) groups is 1. The Labute approximate surface area is 208 Å². The third-order valence-corrected chi connectivity index (χ3v) is 9.02. The van der Waals surface area contributed by atoms with Gasteiger partial charge in [0.1, 0.15) is 9.96 Å². The molecule has 3 aromatic carbocycles. The molecular formula is C26H25N3O4S2. The van der Waals surface area contributed by atoms with Crippen molar-refractivity contribution >= 4 is 48.7 Å². The van der Waals surface area contributed by atoms with Gasteiger partial charge in [0.05, 0.1) is 12.8 Å². The van der Waals surface area contributed by atoms with E-state index in [0.29, 0.717) is 37.4 Å². The molecule has 5 rings (SSSR count). The second kappa shape index (κ2) is 9.59. The van der Waals surface area contributed by atoms with Gasteiger partial charge in [-0.1, -0.05) is 30.3 Å². The molecule has 1 fully saturated rings. The van der Waals surface area contributed by atoms with E-state index in [-0.39, 0.29) is 10.1 Å². The quantitative estimate of drug-likeness (QED) is 0.410. The van der Waals surface area contributed by atoms with Crippen molar-refractivity contribution in [3.8, 4) is 5.75 Å². The van der Waals surface area contributed by atoms with Gasteiger partial charge in [-0.15, -0.1) is 11.3 Å². The number of methoxy groups -OCH3 is 1. The number of nitrogens with zero attached hydrogens (tertiary/aromatic N) is 2. The molecule has 0 aliphatic carbocycles. The molecule has 1 aliphatic heterocycles. The number of hydrogen-bond donors (Lipinski definition) is 1. The van der Waals surface area contributed by atoms with Crippen molar-refractivity contribution in [1.82, 2.24) is 4.90 Å². The summed E-state index contributed by atoms with van der Waals surface area (Å²) in [4.78, 5) is 17.1. The molecule has 0 bridgehead atoms. The molecule has 0 atom stereocenters. The highest BCUT2D eigenvalue weighted by Gasteiger charge is 2.24. The van der Waals surface area contributed by atoms with Gasteiger partial charge in [0, 0.05) is 42.1 Å². The number of benzene rings is 3. The van der Waals surface area contributed by atoms with E-state index in [9.17, 15) is 13.2 Å². The number of fused-ring (bicyclic) bond motifs is 1. The van der Waals surface area contributed by atoms with Crippen molar-refractivity contribution in [1.29, 1.82) is 0 Å². The Morgan fingerprint density at radius 3 is 2.31 bits per heavy atom. The second-order valence-corrected chi connectivity index (χ2v) is 11.2. The van der Waals surface area contributed by atoms with E-state index >= 15 is 0 Å². The van der Waals surface area contributed by atoms with E-state index in [0.717, 1.165) is 21.5 Å². The Morgan fingerprint density at radius 1 is 0.914 bits per heavy atom. The van der Waals surface area contributed by atoms with Crippen LogP contribution >= 0.6 is 11.3 Å². The summed E-state index contributed by atoms with van der Waals surface area (Å²) in [6.07, 6.45) is 0. The molecule has 180 valence electrons. The molecule has 1 aromatic heterocycles. The highest BCUT2D eigenvalue weighted by atomic mass is 32.2. The summed E-state index contributed by atoms with van der Waals surface area (Å²) in [6, 6.07) is 23.7. The van der Waals surface area contributed by atoms with Gasteiger partial charge in [-0.3, -0.25) is 9.52 Å². The average molecular weight is 508 g/mol. The number of anilines is 2. The first-order valence-electron chi connectivity index (χ1n) is 11.2. The summed E-state index contributed by atoms with van der Waals surface area (Å²) in [6.45, 7) is 2.60. The van der Waals surface area contributed by atoms with E-state index in [1.54, 1.807) is 37.4 Å². The summed E-state index contributed by atoms with van der Waals surface area (Å²) in [5.41, 5.74) is 1.97. The number of nitrogens with one attached hydrogen (secondary N) is 1. The first-order valence-corrected chi connectivity index (χ1v) is 13.5. The summed E-state index contributed by atoms with van der Waals surface area (Å²) in [5.74, 6) is 0.754. The summed E-state index contributed by atoms with van der Waals surface area (Å²) in [7, 11) is -2.05. The van der Waals surface area contributed by atoms with E-state index in [2.05, 4.69) is 9.62 Å². The van der Waals surface area contributed by atoms with Gasteiger partial charge in [-0.25, -0.2) is 8.42 Å². The Hall–Kier alpha value is -3.56. The molecule has 2 heterocycles. The Kier molecular flexibility index (Phi) is 6.36. The molecule has 7 nitrogen and oxygen atoms in total. The Balaban J connectivity index is 1.23. The van der Waals surface area contributed by atoms with Gasteiger partial charge >= 0.3 is 0 Å². The number of thiophene rings is 1. The molecule has 1 N–H and O–H groups in total. The lowest BCUT2D eigenvalue weighted by molar-refractivity contribution is 0.0746. The predicted molar refractivity (Wildman–Crippen MR) is 140 cm³/mol. The smallest absolute Gasteiger partial charge is 0.271 e. The first kappa shape index (κ1) is 23.2. The molecular weight excluding hydrogens is 482 g/mol. The number of ether oxygens (including phenoxy) is 1. The number of amides is 1. The van der Waals surface area contributed by atoms with E-state index in [4.69, 9.17) is 4.74 Å². The highest BCUT2D eigenvalue weighted by molar-refractivity contribution is 7.94. The second-order valence-electron chi connectivity index (χ2n) is 8.24. The van der Waals surface area contributed by atoms with Crippen LogP contribution in [0.15, 0.2) is 83.1 Å². The standard InChI is InChI=1S/C26H25N3O4S2/c1-33-23-8-4-3-7-22(23)28-14-16-29(17-15-28)26(30)19-10-12-21(13-11-19)27-35(31,32)25-18-20-6-2-5-9-24(20)34-25/h2-13,18,27H,14-17H2,1H3. The van der Waals surface area contributed by atoms with Crippen molar-refractivity contribution in [2.45, 2.75) is 4.21 Å². The van der Waals surface area contributed by atoms with E-state index in [1.165, 1.54) is 11.3 Å². The minimum absolute atomic E-state index is 0.0661. The fourth-order valence-electron chi connectivity index (χ4n) is 4.20. The Bertz CT molecular complexity index is 1420. The van der Waals surface area contributed by atoms with Crippen LogP contribution in [0.1, 0.15) is 10.4 Å². The maximum Gasteiger partial charge on any atom is 0.271 e. The van der Waals surface area contributed by atoms with E-state index < -0.39 is 10.0 Å². The van der Waals surface area contributed by atoms with Crippen LogP contribution in [0.3, 0.4) is 0 Å². The van der Waals surface area contributed by atoms with Crippen molar-refractivity contribution in [3.05, 3.63) is 84.4 Å². The fraction of sp³-hybridized carbons (Fsp3) is 0.192. The molecule has 0 radical (unpaired) electrons. The lowest BCUT2D eigenvalue weighted by Gasteiger charge is -2.36. The Morgan fingerprint density at radius 2 is 1.60 bits per heavy atom. The molecule has 1 amide bonds. The van der Waals surface area contributed by atoms with Gasteiger partial charge in [-0.05, 0) is 53.9 Å². The molecule has 35 heavy (non-hydrogen) atoms. The van der Waals surface area contributed by atoms with Gasteiger partial charge in [0.2, 0.25) is 0 Å². The van der Waals surface area contributed by atoms with Crippen molar-refractivity contribution in [3.63, 3.8) is 0 Å². The monoisotopic (exact) mass is 507 g/mol. The fourth-order valence-corrected chi connectivity index (χ4v) is 6.66. The largest absolute Gasteiger partial charge is 0.495 e. The first-order chi connectivity index (χ1) is 16.9. The SMILES string of the molecule is COc1ccccc1N1CCN(C(=O)c2ccc(NS(=O)(=O)c3cc4ccccc4s3)cc2)CC1. The van der Waals surface area contributed by atoms with Crippen LogP contribution in [-0.4, -0.2) is 52.5 Å². The zero-order valence-corrected chi connectivity index (χ0v) is 20.8. The molecule has 0 saturated carbocycles. The minimum Gasteiger partial charge on any atom is -0.495 e. The number of para-hydroxylation sites is 2. The van der Waals surface area contributed by atoms with Crippen molar-refractivity contribution < 1.29 is 17.9 Å². The highest BCUT2D eigenvalue weighted by Crippen LogP contribution is 2.31. The summed E-state index contributed by atoms with van der Waals surface area (Å²) in [5, 5.41) is 0.893. The average Bonchev–Trinajstić information content (AvgIpc) is 3.34. The lowest BCUT2D eigenvalue weighted by atomic mass is 10.1. The van der Waals surface area contributed by atoms with Crippen LogP contribution in [0.5, 0.6) is 5.75 Å². The van der Waals surface area contributed by atoms with Crippen molar-refractivity contribution in [2.75, 3.05) is 42.9 Å². The maximum atomic E-state index is 13.0. The zero-order chi connectivity index (χ0) is 24.4. The van der Waals surface area contributed by atoms with Crippen LogP contribution in [0, 0.1) is 0 Å². The number of piperazine rings is 1. The predicted octanol–water partition coefficient (Wildman–Crippen LogP) is 4.67. The summed E-state index contributed by atoms with van der Waals surface area (Å²) < 4.78 is 34.9. The third-order valence-electron chi connectivity index (χ3n) is 6.04. The van der Waals surface area contributed by atoms with Gasteiger partial charge in [0.15, 0.2) is 0 Å². The molecule has 1 saturated heterocycles. The number of sulfonamides is 1. The third kappa shape index (κ3) is 4.82. The summed E-state index contributed by atoms with van der Waals surface area (Å²) >= 11 is 1.23. The number of rotatable bonds is 6. The van der Waals surface area contributed by atoms with Crippen LogP contribution in [0.25, 0.3) is 10.1 Å². The van der Waals surface area contributed by atoms with Gasteiger partial charge < -0.3 is 14.5 Å². The zero-order valence-electron chi connectivity index (χ0n) is 19.2. The molecule has 9 heteroatoms. The lowest BCUT2D eigenvalue weighted by Crippen LogP contribution is -2.48. The van der Waals surface area contributed by atoms with Crippen LogP contribution in [0.2, 0.25) is 0 Å². The van der Waals surface area contributed by atoms with Crippen LogP contribution in [0.4, 0.5) is 11.4 Å². The van der Waals surface area contributed by atoms with Crippen molar-refractivity contribution in [2.24, 2.45) is 0 Å².